The summed E-state index contributed by atoms with van der Waals surface area (Å²) >= 11 is 0. The Bertz CT molecular complexity index is 503. The lowest BCUT2D eigenvalue weighted by atomic mass is 9.82. The largest absolute Gasteiger partial charge is 0.244 e. The topological polar surface area (TPSA) is 25.8 Å². The monoisotopic (exact) mass is 228 g/mol. The highest BCUT2D eigenvalue weighted by Gasteiger charge is 2.17. The Morgan fingerprint density at radius 1 is 1.24 bits per heavy atom. The smallest absolute Gasteiger partial charge is 0.116 e. The van der Waals surface area contributed by atoms with Gasteiger partial charge in [0.25, 0.3) is 0 Å². The van der Waals surface area contributed by atoms with Gasteiger partial charge in [-0.2, -0.15) is 0 Å². The predicted octanol–water partition coefficient (Wildman–Crippen LogP) is 4.00. The van der Waals surface area contributed by atoms with Gasteiger partial charge in [-0.05, 0) is 29.9 Å². The molecule has 0 saturated carbocycles. The zero-order valence-corrected chi connectivity index (χ0v) is 10.9. The summed E-state index contributed by atoms with van der Waals surface area (Å²) in [6.07, 6.45) is 7.09. The van der Waals surface area contributed by atoms with Crippen LogP contribution in [0.15, 0.2) is 30.7 Å². The van der Waals surface area contributed by atoms with Crippen LogP contribution in [0.3, 0.4) is 0 Å². The van der Waals surface area contributed by atoms with Gasteiger partial charge in [-0.25, -0.2) is 9.97 Å². The molecule has 1 aromatic heterocycles. The van der Waals surface area contributed by atoms with Crippen LogP contribution in [0.1, 0.15) is 39.2 Å². The van der Waals surface area contributed by atoms with Gasteiger partial charge in [0.1, 0.15) is 6.33 Å². The molecule has 1 aromatic carbocycles. The maximum absolute atomic E-state index is 4.31. The van der Waals surface area contributed by atoms with E-state index in [0.29, 0.717) is 5.41 Å². The van der Waals surface area contributed by atoms with Crippen LogP contribution in [0.25, 0.3) is 10.9 Å². The van der Waals surface area contributed by atoms with Crippen molar-refractivity contribution in [2.24, 2.45) is 5.41 Å². The van der Waals surface area contributed by atoms with E-state index >= 15 is 0 Å². The van der Waals surface area contributed by atoms with E-state index in [0.717, 1.165) is 17.3 Å². The van der Waals surface area contributed by atoms with Gasteiger partial charge in [0.2, 0.25) is 0 Å². The van der Waals surface area contributed by atoms with Crippen LogP contribution in [0.5, 0.6) is 0 Å². The SMILES string of the molecule is CCCC(C)(C)Cc1ccc2cncnc2c1. The van der Waals surface area contributed by atoms with Crippen molar-refractivity contribution < 1.29 is 0 Å². The maximum atomic E-state index is 4.31. The number of rotatable bonds is 4. The predicted molar refractivity (Wildman–Crippen MR) is 71.9 cm³/mol. The zero-order chi connectivity index (χ0) is 12.3. The first-order valence-electron chi connectivity index (χ1n) is 6.29. The van der Waals surface area contributed by atoms with Crippen molar-refractivity contribution in [1.29, 1.82) is 0 Å². The van der Waals surface area contributed by atoms with Gasteiger partial charge in [-0.15, -0.1) is 0 Å². The fourth-order valence-corrected chi connectivity index (χ4v) is 2.45. The molecule has 0 fully saturated rings. The highest BCUT2D eigenvalue weighted by Crippen LogP contribution is 2.28. The first-order chi connectivity index (χ1) is 8.11. The second-order valence-corrected chi connectivity index (χ2v) is 5.51. The highest BCUT2D eigenvalue weighted by atomic mass is 14.8. The quantitative estimate of drug-likeness (QED) is 0.790. The molecule has 0 spiro atoms. The first-order valence-corrected chi connectivity index (χ1v) is 6.29. The Balaban J connectivity index is 2.25. The Hall–Kier alpha value is -1.44. The molecule has 0 amide bonds. The molecule has 0 radical (unpaired) electrons. The van der Waals surface area contributed by atoms with Gasteiger partial charge in [0.05, 0.1) is 5.52 Å². The molecule has 0 N–H and O–H groups in total. The molecule has 0 aliphatic carbocycles. The van der Waals surface area contributed by atoms with Crippen molar-refractivity contribution in [3.63, 3.8) is 0 Å². The molecule has 0 unspecified atom stereocenters. The fourth-order valence-electron chi connectivity index (χ4n) is 2.45. The third kappa shape index (κ3) is 3.02. The van der Waals surface area contributed by atoms with E-state index in [1.165, 1.54) is 18.4 Å². The molecule has 2 heteroatoms. The van der Waals surface area contributed by atoms with Crippen LogP contribution >= 0.6 is 0 Å². The van der Waals surface area contributed by atoms with Gasteiger partial charge in [0.15, 0.2) is 0 Å². The van der Waals surface area contributed by atoms with Crippen LogP contribution in [-0.2, 0) is 6.42 Å². The molecule has 0 atom stereocenters. The summed E-state index contributed by atoms with van der Waals surface area (Å²) in [5.41, 5.74) is 2.79. The van der Waals surface area contributed by atoms with Crippen molar-refractivity contribution in [2.75, 3.05) is 0 Å². The number of fused-ring (bicyclic) bond motifs is 1. The second kappa shape index (κ2) is 4.82. The van der Waals surface area contributed by atoms with E-state index in [-0.39, 0.29) is 0 Å². The Kier molecular flexibility index (Phi) is 3.41. The van der Waals surface area contributed by atoms with Crippen LogP contribution in [0.4, 0.5) is 0 Å². The molecule has 17 heavy (non-hydrogen) atoms. The van der Waals surface area contributed by atoms with E-state index in [4.69, 9.17) is 0 Å². The van der Waals surface area contributed by atoms with E-state index in [1.54, 1.807) is 6.33 Å². The summed E-state index contributed by atoms with van der Waals surface area (Å²) in [7, 11) is 0. The van der Waals surface area contributed by atoms with Crippen molar-refractivity contribution in [3.8, 4) is 0 Å². The summed E-state index contributed by atoms with van der Waals surface area (Å²) in [5.74, 6) is 0. The molecule has 0 saturated heterocycles. The normalized spacial score (nSPS) is 11.9. The number of nitrogens with zero attached hydrogens (tertiary/aromatic N) is 2. The molecular weight excluding hydrogens is 208 g/mol. The summed E-state index contributed by atoms with van der Waals surface area (Å²) in [5, 5.41) is 1.12. The summed E-state index contributed by atoms with van der Waals surface area (Å²) < 4.78 is 0. The molecular formula is C15H20N2. The molecule has 2 aromatic rings. The zero-order valence-electron chi connectivity index (χ0n) is 10.9. The third-order valence-corrected chi connectivity index (χ3v) is 3.18. The van der Waals surface area contributed by atoms with Crippen LogP contribution in [0, 0.1) is 5.41 Å². The van der Waals surface area contributed by atoms with Crippen molar-refractivity contribution >= 4 is 10.9 Å². The van der Waals surface area contributed by atoms with Gasteiger partial charge < -0.3 is 0 Å². The Morgan fingerprint density at radius 2 is 2.06 bits per heavy atom. The van der Waals surface area contributed by atoms with Crippen molar-refractivity contribution in [3.05, 3.63) is 36.3 Å². The van der Waals surface area contributed by atoms with E-state index in [2.05, 4.69) is 48.9 Å². The fraction of sp³-hybridized carbons (Fsp3) is 0.467. The number of aromatic nitrogens is 2. The Morgan fingerprint density at radius 3 is 2.82 bits per heavy atom. The first kappa shape index (κ1) is 12.0. The molecule has 0 aliphatic rings. The number of hydrogen-bond donors (Lipinski definition) is 0. The standard InChI is InChI=1S/C15H20N2/c1-4-7-15(2,3)9-12-5-6-13-10-16-11-17-14(13)8-12/h5-6,8,10-11H,4,7,9H2,1-3H3. The Labute approximate surface area is 103 Å². The summed E-state index contributed by atoms with van der Waals surface area (Å²) in [6.45, 7) is 6.91. The third-order valence-electron chi connectivity index (χ3n) is 3.18. The molecule has 2 rings (SSSR count). The van der Waals surface area contributed by atoms with Gasteiger partial charge in [-0.1, -0.05) is 39.3 Å². The van der Waals surface area contributed by atoms with Gasteiger partial charge in [-0.3, -0.25) is 0 Å². The minimum absolute atomic E-state index is 0.370. The lowest BCUT2D eigenvalue weighted by Crippen LogP contribution is -2.14. The van der Waals surface area contributed by atoms with Crippen molar-refractivity contribution in [1.82, 2.24) is 9.97 Å². The summed E-state index contributed by atoms with van der Waals surface area (Å²) in [6, 6.07) is 6.50. The van der Waals surface area contributed by atoms with E-state index in [1.807, 2.05) is 6.20 Å². The second-order valence-electron chi connectivity index (χ2n) is 5.51. The highest BCUT2D eigenvalue weighted by molar-refractivity contribution is 5.77. The van der Waals surface area contributed by atoms with Crippen LogP contribution < -0.4 is 0 Å². The number of hydrogen-bond acceptors (Lipinski definition) is 2. The minimum atomic E-state index is 0.370. The van der Waals surface area contributed by atoms with Crippen LogP contribution in [-0.4, -0.2) is 9.97 Å². The average Bonchev–Trinajstić information content (AvgIpc) is 2.28. The average molecular weight is 228 g/mol. The van der Waals surface area contributed by atoms with Gasteiger partial charge in [0, 0.05) is 11.6 Å². The molecule has 2 nitrogen and oxygen atoms in total. The van der Waals surface area contributed by atoms with E-state index < -0.39 is 0 Å². The van der Waals surface area contributed by atoms with E-state index in [9.17, 15) is 0 Å². The molecule has 1 heterocycles. The van der Waals surface area contributed by atoms with Crippen molar-refractivity contribution in [2.45, 2.75) is 40.0 Å². The minimum Gasteiger partial charge on any atom is -0.244 e. The molecule has 0 bridgehead atoms. The molecule has 90 valence electrons. The van der Waals surface area contributed by atoms with Gasteiger partial charge >= 0.3 is 0 Å². The maximum Gasteiger partial charge on any atom is 0.116 e. The summed E-state index contributed by atoms with van der Waals surface area (Å²) in [4.78, 5) is 8.34. The lowest BCUT2D eigenvalue weighted by Gasteiger charge is -2.24. The molecule has 0 aliphatic heterocycles. The van der Waals surface area contributed by atoms with Crippen LogP contribution in [0.2, 0.25) is 0 Å². The lowest BCUT2D eigenvalue weighted by molar-refractivity contribution is 0.329. The number of benzene rings is 1.